The monoisotopic (exact) mass is 265 g/mol. The predicted octanol–water partition coefficient (Wildman–Crippen LogP) is 0.0468. The third-order valence-corrected chi connectivity index (χ3v) is 1.33. The van der Waals surface area contributed by atoms with Crippen molar-refractivity contribution in [2.45, 2.75) is 6.36 Å². The van der Waals surface area contributed by atoms with E-state index in [0.717, 1.165) is 0 Å². The molecule has 5 N–H and O–H groups in total. The normalized spacial score (nSPS) is 9.78. The molecule has 0 spiro atoms. The Morgan fingerprint density at radius 2 is 1.67 bits per heavy atom. The zero-order chi connectivity index (χ0) is 14.2. The van der Waals surface area contributed by atoms with Gasteiger partial charge < -0.3 is 10.5 Å². The van der Waals surface area contributed by atoms with Crippen LogP contribution >= 0.6 is 0 Å². The molecule has 6 nitrogen and oxygen atoms in total. The van der Waals surface area contributed by atoms with Gasteiger partial charge in [-0.25, -0.2) is 5.84 Å². The van der Waals surface area contributed by atoms with Crippen LogP contribution in [0.2, 0.25) is 0 Å². The van der Waals surface area contributed by atoms with Gasteiger partial charge in [-0.05, 0) is 12.1 Å². The minimum Gasteiger partial charge on any atom is -0.406 e. The molecule has 0 aromatic heterocycles. The molecular formula is C9H10F3N3O3. The SMILES string of the molecule is FC(F)(F)Oc1ccccc1.NNC(=O)C(N)=O. The lowest BCUT2D eigenvalue weighted by Crippen LogP contribution is -2.40. The summed E-state index contributed by atoms with van der Waals surface area (Å²) in [7, 11) is 0. The second kappa shape index (κ2) is 7.12. The highest BCUT2D eigenvalue weighted by Gasteiger charge is 2.30. The fraction of sp³-hybridized carbons (Fsp3) is 0.111. The smallest absolute Gasteiger partial charge is 0.406 e. The Morgan fingerprint density at radius 1 is 1.17 bits per heavy atom. The lowest BCUT2D eigenvalue weighted by Gasteiger charge is -2.07. The summed E-state index contributed by atoms with van der Waals surface area (Å²) in [6.45, 7) is 0. The van der Waals surface area contributed by atoms with Gasteiger partial charge in [-0.15, -0.1) is 13.2 Å². The van der Waals surface area contributed by atoms with Crippen molar-refractivity contribution < 1.29 is 27.5 Å². The van der Waals surface area contributed by atoms with Crippen LogP contribution < -0.4 is 21.7 Å². The number of carbonyl (C=O) groups excluding carboxylic acids is 2. The summed E-state index contributed by atoms with van der Waals surface area (Å²) in [6, 6.07) is 7.05. The van der Waals surface area contributed by atoms with Crippen LogP contribution in [0.4, 0.5) is 13.2 Å². The summed E-state index contributed by atoms with van der Waals surface area (Å²) in [5.41, 5.74) is 5.97. The van der Waals surface area contributed by atoms with E-state index in [1.807, 2.05) is 0 Å². The number of benzene rings is 1. The van der Waals surface area contributed by atoms with E-state index in [1.54, 1.807) is 11.5 Å². The van der Waals surface area contributed by atoms with Gasteiger partial charge >= 0.3 is 18.2 Å². The predicted molar refractivity (Wildman–Crippen MR) is 54.6 cm³/mol. The number of hydrogen-bond acceptors (Lipinski definition) is 4. The van der Waals surface area contributed by atoms with Gasteiger partial charge in [-0.3, -0.25) is 15.0 Å². The van der Waals surface area contributed by atoms with Crippen LogP contribution in [0.25, 0.3) is 0 Å². The van der Waals surface area contributed by atoms with Crippen molar-refractivity contribution >= 4 is 11.8 Å². The number of rotatable bonds is 1. The third kappa shape index (κ3) is 7.93. The molecule has 0 aliphatic rings. The summed E-state index contributed by atoms with van der Waals surface area (Å²) >= 11 is 0. The summed E-state index contributed by atoms with van der Waals surface area (Å²) in [4.78, 5) is 19.5. The molecule has 0 saturated carbocycles. The number of ether oxygens (including phenoxy) is 1. The molecule has 1 aromatic rings. The van der Waals surface area contributed by atoms with E-state index < -0.39 is 18.2 Å². The van der Waals surface area contributed by atoms with Crippen molar-refractivity contribution in [1.29, 1.82) is 0 Å². The van der Waals surface area contributed by atoms with Crippen molar-refractivity contribution in [3.05, 3.63) is 30.3 Å². The average Bonchev–Trinajstić information content (AvgIpc) is 2.27. The number of carbonyl (C=O) groups is 2. The molecule has 18 heavy (non-hydrogen) atoms. The van der Waals surface area contributed by atoms with Gasteiger partial charge in [-0.2, -0.15) is 0 Å². The second-order valence-electron chi connectivity index (χ2n) is 2.70. The molecule has 1 rings (SSSR count). The Hall–Kier alpha value is -2.29. The third-order valence-electron chi connectivity index (χ3n) is 1.33. The first-order valence-electron chi connectivity index (χ1n) is 4.37. The van der Waals surface area contributed by atoms with Crippen molar-refractivity contribution in [2.75, 3.05) is 0 Å². The van der Waals surface area contributed by atoms with Gasteiger partial charge in [-0.1, -0.05) is 18.2 Å². The largest absolute Gasteiger partial charge is 0.573 e. The fourth-order valence-electron chi connectivity index (χ4n) is 0.693. The molecule has 0 saturated heterocycles. The number of hydrazine groups is 1. The van der Waals surface area contributed by atoms with Crippen molar-refractivity contribution in [3.8, 4) is 5.75 Å². The summed E-state index contributed by atoms with van der Waals surface area (Å²) in [5.74, 6) is 2.21. The molecule has 1 aromatic carbocycles. The van der Waals surface area contributed by atoms with Gasteiger partial charge in [0, 0.05) is 0 Å². The topological polar surface area (TPSA) is 107 Å². The first-order valence-corrected chi connectivity index (χ1v) is 4.37. The number of hydrogen-bond donors (Lipinski definition) is 3. The molecule has 2 amide bonds. The molecular weight excluding hydrogens is 255 g/mol. The maximum absolute atomic E-state index is 11.5. The van der Waals surface area contributed by atoms with Crippen LogP contribution in [-0.4, -0.2) is 18.2 Å². The maximum Gasteiger partial charge on any atom is 0.573 e. The maximum atomic E-state index is 11.5. The number of primary amides is 1. The molecule has 0 atom stereocenters. The summed E-state index contributed by atoms with van der Waals surface area (Å²) in [5, 5.41) is 0. The lowest BCUT2D eigenvalue weighted by molar-refractivity contribution is -0.274. The van der Waals surface area contributed by atoms with Crippen LogP contribution in [0.1, 0.15) is 0 Å². The number of nitrogens with two attached hydrogens (primary N) is 2. The van der Waals surface area contributed by atoms with E-state index in [-0.39, 0.29) is 5.75 Å². The minimum atomic E-state index is -4.60. The zero-order valence-electron chi connectivity index (χ0n) is 8.90. The van der Waals surface area contributed by atoms with E-state index in [2.05, 4.69) is 16.3 Å². The molecule has 0 aliphatic carbocycles. The second-order valence-corrected chi connectivity index (χ2v) is 2.70. The highest BCUT2D eigenvalue weighted by Crippen LogP contribution is 2.21. The molecule has 100 valence electrons. The highest BCUT2D eigenvalue weighted by molar-refractivity contribution is 6.34. The Bertz CT molecular complexity index is 395. The molecule has 0 radical (unpaired) electrons. The summed E-state index contributed by atoms with van der Waals surface area (Å²) in [6.07, 6.45) is -4.60. The molecule has 0 bridgehead atoms. The van der Waals surface area contributed by atoms with Gasteiger partial charge in [0.2, 0.25) is 0 Å². The molecule has 0 heterocycles. The minimum absolute atomic E-state index is 0.194. The van der Waals surface area contributed by atoms with E-state index >= 15 is 0 Å². The number of halogens is 3. The summed E-state index contributed by atoms with van der Waals surface area (Å²) < 4.78 is 38.2. The number of para-hydroxylation sites is 1. The van der Waals surface area contributed by atoms with Gasteiger partial charge in [0.1, 0.15) is 5.75 Å². The first kappa shape index (κ1) is 15.7. The van der Waals surface area contributed by atoms with E-state index in [1.165, 1.54) is 24.3 Å². The van der Waals surface area contributed by atoms with Crippen molar-refractivity contribution in [1.82, 2.24) is 5.43 Å². The Labute approximate surface area is 99.7 Å². The van der Waals surface area contributed by atoms with Gasteiger partial charge in [0.05, 0.1) is 0 Å². The van der Waals surface area contributed by atoms with Crippen LogP contribution in [0.5, 0.6) is 5.75 Å². The van der Waals surface area contributed by atoms with Gasteiger partial charge in [0.25, 0.3) is 0 Å². The van der Waals surface area contributed by atoms with Crippen LogP contribution in [0.15, 0.2) is 30.3 Å². The molecule has 9 heteroatoms. The Balaban J connectivity index is 0.000000360. The van der Waals surface area contributed by atoms with Crippen LogP contribution in [-0.2, 0) is 9.59 Å². The highest BCUT2D eigenvalue weighted by atomic mass is 19.4. The average molecular weight is 265 g/mol. The Kier molecular flexibility index (Phi) is 6.21. The van der Waals surface area contributed by atoms with Crippen molar-refractivity contribution in [3.63, 3.8) is 0 Å². The number of alkyl halides is 3. The Morgan fingerprint density at radius 3 is 1.94 bits per heavy atom. The van der Waals surface area contributed by atoms with E-state index in [0.29, 0.717) is 0 Å². The number of nitrogens with one attached hydrogen (secondary N) is 1. The zero-order valence-corrected chi connectivity index (χ0v) is 8.90. The molecule has 0 fully saturated rings. The van der Waals surface area contributed by atoms with E-state index in [9.17, 15) is 22.8 Å². The standard InChI is InChI=1S/C7H5F3O.C2H5N3O2/c8-7(9,10)11-6-4-2-1-3-5-6;3-1(6)2(7)5-4/h1-5H;4H2,(H2,3,6)(H,5,7). The molecule has 0 unspecified atom stereocenters. The fourth-order valence-corrected chi connectivity index (χ4v) is 0.693. The first-order chi connectivity index (χ1) is 8.26. The van der Waals surface area contributed by atoms with E-state index in [4.69, 9.17) is 0 Å². The van der Waals surface area contributed by atoms with Crippen LogP contribution in [0.3, 0.4) is 0 Å². The number of amides is 2. The lowest BCUT2D eigenvalue weighted by atomic mass is 10.3. The molecule has 0 aliphatic heterocycles. The van der Waals surface area contributed by atoms with Gasteiger partial charge in [0.15, 0.2) is 0 Å². The van der Waals surface area contributed by atoms with Crippen molar-refractivity contribution in [2.24, 2.45) is 11.6 Å². The quantitative estimate of drug-likeness (QED) is 0.288. The van der Waals surface area contributed by atoms with Crippen LogP contribution in [0, 0.1) is 0 Å².